The number of fused-ring (bicyclic) bond motifs is 2. The summed E-state index contributed by atoms with van der Waals surface area (Å²) in [5.41, 5.74) is 16.5. The molecule has 66 heavy (non-hydrogen) atoms. The molecule has 2 heteroatoms. The topological polar surface area (TPSA) is 6.48 Å². The lowest BCUT2D eigenvalue weighted by Gasteiger charge is -2.31. The number of hydrogen-bond acceptors (Lipinski definition) is 2. The maximum Gasteiger partial charge on any atom is 0.0546 e. The first-order valence-electron chi connectivity index (χ1n) is 23.0. The SMILES string of the molecule is Cc1ccc(N(c2ccc(C)cc2)c2cc(-c3cccc4ccccc34)c3ccc4c(N(c5ccc(C)cc5)c5ccc(C)cc5)cc(-c5cccc6ccccc56)c5ccc2c3c54)cc1. The van der Waals surface area contributed by atoms with Crippen molar-refractivity contribution < 1.29 is 0 Å². The van der Waals surface area contributed by atoms with Crippen molar-refractivity contribution in [2.75, 3.05) is 9.80 Å². The molecule has 2 nitrogen and oxygen atoms in total. The van der Waals surface area contributed by atoms with Gasteiger partial charge in [0.05, 0.1) is 11.4 Å². The van der Waals surface area contributed by atoms with Crippen LogP contribution >= 0.6 is 0 Å². The summed E-state index contributed by atoms with van der Waals surface area (Å²) in [6.07, 6.45) is 0. The maximum atomic E-state index is 2.47. The van der Waals surface area contributed by atoms with E-state index in [0.29, 0.717) is 0 Å². The van der Waals surface area contributed by atoms with Crippen LogP contribution in [0.2, 0.25) is 0 Å². The molecule has 0 atom stereocenters. The number of aryl methyl sites for hydroxylation is 4. The highest BCUT2D eigenvalue weighted by molar-refractivity contribution is 6.33. The maximum absolute atomic E-state index is 2.47. The molecule has 0 spiro atoms. The fourth-order valence-electron chi connectivity index (χ4n) is 10.3. The van der Waals surface area contributed by atoms with E-state index < -0.39 is 0 Å². The summed E-state index contributed by atoms with van der Waals surface area (Å²) < 4.78 is 0. The van der Waals surface area contributed by atoms with Crippen LogP contribution in [-0.2, 0) is 0 Å². The second-order valence-electron chi connectivity index (χ2n) is 18.0. The zero-order valence-electron chi connectivity index (χ0n) is 37.7. The summed E-state index contributed by atoms with van der Waals surface area (Å²) in [4.78, 5) is 4.94. The molecule has 12 aromatic rings. The zero-order valence-corrected chi connectivity index (χ0v) is 37.7. The van der Waals surface area contributed by atoms with Crippen LogP contribution in [0.15, 0.2) is 218 Å². The van der Waals surface area contributed by atoms with Crippen LogP contribution < -0.4 is 9.80 Å². The van der Waals surface area contributed by atoms with E-state index in [1.807, 2.05) is 0 Å². The summed E-state index contributed by atoms with van der Waals surface area (Å²) in [6, 6.07) is 81.6. The van der Waals surface area contributed by atoms with Crippen LogP contribution in [0.25, 0.3) is 76.1 Å². The highest BCUT2D eigenvalue weighted by Crippen LogP contribution is 2.53. The van der Waals surface area contributed by atoms with Crippen LogP contribution in [0, 0.1) is 27.7 Å². The minimum atomic E-state index is 1.12. The summed E-state index contributed by atoms with van der Waals surface area (Å²) in [6.45, 7) is 8.65. The van der Waals surface area contributed by atoms with E-state index in [9.17, 15) is 0 Å². The molecule has 0 aromatic heterocycles. The van der Waals surface area contributed by atoms with Crippen molar-refractivity contribution >= 4 is 88.0 Å². The summed E-state index contributed by atoms with van der Waals surface area (Å²) in [5, 5.41) is 12.3. The van der Waals surface area contributed by atoms with E-state index >= 15 is 0 Å². The normalized spacial score (nSPS) is 11.6. The molecule has 0 bridgehead atoms. The van der Waals surface area contributed by atoms with Gasteiger partial charge in [0.25, 0.3) is 0 Å². The first kappa shape index (κ1) is 39.4. The molecule has 0 unspecified atom stereocenters. The average molecular weight is 845 g/mol. The fourth-order valence-corrected chi connectivity index (χ4v) is 10.3. The summed E-state index contributed by atoms with van der Waals surface area (Å²) in [7, 11) is 0. The average Bonchev–Trinajstić information content (AvgIpc) is 3.35. The molecule has 12 aromatic carbocycles. The Morgan fingerprint density at radius 3 is 0.894 bits per heavy atom. The molecule has 0 fully saturated rings. The first-order chi connectivity index (χ1) is 32.4. The Labute approximate surface area is 386 Å². The lowest BCUT2D eigenvalue weighted by atomic mass is 9.84. The quantitative estimate of drug-likeness (QED) is 0.141. The van der Waals surface area contributed by atoms with Crippen molar-refractivity contribution in [1.82, 2.24) is 0 Å². The first-order valence-corrected chi connectivity index (χ1v) is 23.0. The molecule has 0 aliphatic carbocycles. The molecule has 12 rings (SSSR count). The minimum absolute atomic E-state index is 1.12. The number of hydrogen-bond donors (Lipinski definition) is 0. The predicted molar refractivity (Wildman–Crippen MR) is 284 cm³/mol. The Kier molecular flexibility index (Phi) is 9.43. The summed E-state index contributed by atoms with van der Waals surface area (Å²) in [5.74, 6) is 0. The Morgan fingerprint density at radius 1 is 0.242 bits per heavy atom. The second-order valence-corrected chi connectivity index (χ2v) is 18.0. The van der Waals surface area contributed by atoms with Gasteiger partial charge in [0.15, 0.2) is 0 Å². The van der Waals surface area contributed by atoms with Gasteiger partial charge in [0.1, 0.15) is 0 Å². The van der Waals surface area contributed by atoms with Gasteiger partial charge in [-0.2, -0.15) is 0 Å². The van der Waals surface area contributed by atoms with Gasteiger partial charge >= 0.3 is 0 Å². The van der Waals surface area contributed by atoms with Crippen LogP contribution in [0.1, 0.15) is 22.3 Å². The highest BCUT2D eigenvalue weighted by atomic mass is 15.1. The zero-order chi connectivity index (χ0) is 44.5. The molecular weight excluding hydrogens is 797 g/mol. The van der Waals surface area contributed by atoms with Gasteiger partial charge in [-0.3, -0.25) is 0 Å². The van der Waals surface area contributed by atoms with Crippen molar-refractivity contribution in [3.63, 3.8) is 0 Å². The van der Waals surface area contributed by atoms with Gasteiger partial charge in [-0.25, -0.2) is 0 Å². The van der Waals surface area contributed by atoms with E-state index in [2.05, 4.69) is 256 Å². The highest BCUT2D eigenvalue weighted by Gasteiger charge is 2.26. The second kappa shape index (κ2) is 15.8. The number of nitrogens with zero attached hydrogens (tertiary/aromatic N) is 2. The van der Waals surface area contributed by atoms with Gasteiger partial charge in [0.2, 0.25) is 0 Å². The molecule has 0 N–H and O–H groups in total. The minimum Gasteiger partial charge on any atom is -0.310 e. The Balaban J connectivity index is 1.28. The molecule has 0 saturated heterocycles. The largest absolute Gasteiger partial charge is 0.310 e. The third-order valence-corrected chi connectivity index (χ3v) is 13.7. The van der Waals surface area contributed by atoms with Crippen molar-refractivity contribution in [2.24, 2.45) is 0 Å². The van der Waals surface area contributed by atoms with Crippen LogP contribution in [0.3, 0.4) is 0 Å². The molecule has 314 valence electrons. The standard InChI is InChI=1S/C64H48N2/c1-41-19-27-47(28-20-41)65(48-29-21-42(2)22-30-48)61-39-59(53-17-9-13-45-11-5-7-15-51(45)53)55-36-38-58-62(66(49-31-23-43(3)24-32-49)50-33-25-44(4)26-34-50)40-60(56-35-37-57(61)63(55)64(56)58)54-18-10-14-46-12-6-8-16-52(46)54/h5-40H,1-4H3. The van der Waals surface area contributed by atoms with Crippen LogP contribution in [-0.4, -0.2) is 0 Å². The van der Waals surface area contributed by atoms with Crippen molar-refractivity contribution in [3.8, 4) is 22.3 Å². The van der Waals surface area contributed by atoms with E-state index in [4.69, 9.17) is 0 Å². The van der Waals surface area contributed by atoms with E-state index in [-0.39, 0.29) is 0 Å². The Hall–Kier alpha value is -8.20. The van der Waals surface area contributed by atoms with Crippen molar-refractivity contribution in [2.45, 2.75) is 27.7 Å². The molecule has 0 saturated carbocycles. The number of rotatable bonds is 8. The smallest absolute Gasteiger partial charge is 0.0546 e. The van der Waals surface area contributed by atoms with Crippen LogP contribution in [0.4, 0.5) is 34.1 Å². The van der Waals surface area contributed by atoms with Gasteiger partial charge in [-0.05, 0) is 143 Å². The van der Waals surface area contributed by atoms with Crippen LogP contribution in [0.5, 0.6) is 0 Å². The van der Waals surface area contributed by atoms with Crippen molar-refractivity contribution in [3.05, 3.63) is 241 Å². The predicted octanol–water partition coefficient (Wildman–Crippen LogP) is 18.4. The number of anilines is 6. The lowest BCUT2D eigenvalue weighted by molar-refractivity contribution is 1.28. The third-order valence-electron chi connectivity index (χ3n) is 13.7. The monoisotopic (exact) mass is 844 g/mol. The molecule has 0 heterocycles. The Bertz CT molecular complexity index is 3420. The van der Waals surface area contributed by atoms with E-state index in [1.54, 1.807) is 0 Å². The van der Waals surface area contributed by atoms with E-state index in [1.165, 1.54) is 98.4 Å². The van der Waals surface area contributed by atoms with Gasteiger partial charge < -0.3 is 9.80 Å². The molecule has 0 aliphatic rings. The van der Waals surface area contributed by atoms with Crippen molar-refractivity contribution in [1.29, 1.82) is 0 Å². The molecule has 0 amide bonds. The lowest BCUT2D eigenvalue weighted by Crippen LogP contribution is -2.12. The molecule has 0 radical (unpaired) electrons. The fraction of sp³-hybridized carbons (Fsp3) is 0.0625. The third kappa shape index (κ3) is 6.56. The van der Waals surface area contributed by atoms with E-state index in [0.717, 1.165) is 34.1 Å². The summed E-state index contributed by atoms with van der Waals surface area (Å²) >= 11 is 0. The molecular formula is C64H48N2. The van der Waals surface area contributed by atoms with Gasteiger partial charge in [0, 0.05) is 44.3 Å². The molecule has 0 aliphatic heterocycles. The Morgan fingerprint density at radius 2 is 0.545 bits per heavy atom. The number of benzene rings is 12. The van der Waals surface area contributed by atoms with Gasteiger partial charge in [-0.15, -0.1) is 0 Å². The van der Waals surface area contributed by atoms with Gasteiger partial charge in [-0.1, -0.05) is 180 Å².